The Hall–Kier alpha value is -0.0400. The Bertz CT molecular complexity index is 198. The van der Waals surface area contributed by atoms with E-state index in [-0.39, 0.29) is 0 Å². The number of rotatable bonds is 16. The summed E-state index contributed by atoms with van der Waals surface area (Å²) in [4.78, 5) is 0. The van der Waals surface area contributed by atoms with Crippen molar-refractivity contribution in [3.8, 4) is 0 Å². The average Bonchev–Trinajstić information content (AvgIpc) is 2.45. The SMILES string of the molecule is CCCCCCCCCCCCC(C)(O)CCCCCC. The molecule has 0 rings (SSSR count). The van der Waals surface area contributed by atoms with Crippen molar-refractivity contribution in [2.75, 3.05) is 0 Å². The summed E-state index contributed by atoms with van der Waals surface area (Å²) in [5.41, 5.74) is -0.409. The van der Waals surface area contributed by atoms with E-state index in [1.165, 1.54) is 89.9 Å². The molecule has 0 aliphatic carbocycles. The Morgan fingerprint density at radius 1 is 0.524 bits per heavy atom. The first-order chi connectivity index (χ1) is 10.1. The summed E-state index contributed by atoms with van der Waals surface area (Å²) in [6, 6.07) is 0. The van der Waals surface area contributed by atoms with E-state index in [1.54, 1.807) is 0 Å². The zero-order valence-corrected chi connectivity index (χ0v) is 15.3. The minimum Gasteiger partial charge on any atom is -0.390 e. The minimum atomic E-state index is -0.409. The summed E-state index contributed by atoms with van der Waals surface area (Å²) in [6.45, 7) is 6.55. The zero-order valence-electron chi connectivity index (χ0n) is 15.3. The fourth-order valence-corrected chi connectivity index (χ4v) is 3.05. The van der Waals surface area contributed by atoms with Crippen molar-refractivity contribution in [2.45, 2.75) is 129 Å². The van der Waals surface area contributed by atoms with Gasteiger partial charge in [0, 0.05) is 0 Å². The Balaban J connectivity index is 3.28. The third-order valence-corrected chi connectivity index (χ3v) is 4.64. The molecule has 0 heterocycles. The molecule has 0 fully saturated rings. The number of unbranched alkanes of at least 4 members (excludes halogenated alkanes) is 12. The number of hydrogen-bond acceptors (Lipinski definition) is 1. The number of hydrogen-bond donors (Lipinski definition) is 1. The van der Waals surface area contributed by atoms with Crippen molar-refractivity contribution in [3.05, 3.63) is 0 Å². The van der Waals surface area contributed by atoms with Gasteiger partial charge in [0.1, 0.15) is 0 Å². The second-order valence-corrected chi connectivity index (χ2v) is 7.24. The zero-order chi connectivity index (χ0) is 15.8. The van der Waals surface area contributed by atoms with Gasteiger partial charge in [-0.25, -0.2) is 0 Å². The van der Waals surface area contributed by atoms with Crippen molar-refractivity contribution in [2.24, 2.45) is 0 Å². The Morgan fingerprint density at radius 2 is 0.810 bits per heavy atom. The molecule has 0 aliphatic heterocycles. The van der Waals surface area contributed by atoms with Crippen LogP contribution in [0.15, 0.2) is 0 Å². The summed E-state index contributed by atoms with van der Waals surface area (Å²) >= 11 is 0. The molecule has 1 N–H and O–H groups in total. The topological polar surface area (TPSA) is 20.2 Å². The van der Waals surface area contributed by atoms with Gasteiger partial charge in [-0.1, -0.05) is 104 Å². The van der Waals surface area contributed by atoms with Crippen LogP contribution in [0.4, 0.5) is 0 Å². The highest BCUT2D eigenvalue weighted by Crippen LogP contribution is 2.22. The monoisotopic (exact) mass is 298 g/mol. The van der Waals surface area contributed by atoms with Gasteiger partial charge in [-0.15, -0.1) is 0 Å². The molecule has 21 heavy (non-hydrogen) atoms. The molecule has 1 unspecified atom stereocenters. The average molecular weight is 299 g/mol. The summed E-state index contributed by atoms with van der Waals surface area (Å²) < 4.78 is 0. The first kappa shape index (κ1) is 21.0. The summed E-state index contributed by atoms with van der Waals surface area (Å²) in [5, 5.41) is 10.3. The maximum absolute atomic E-state index is 10.3. The third-order valence-electron chi connectivity index (χ3n) is 4.64. The van der Waals surface area contributed by atoms with E-state index >= 15 is 0 Å². The van der Waals surface area contributed by atoms with Gasteiger partial charge in [0.2, 0.25) is 0 Å². The second-order valence-electron chi connectivity index (χ2n) is 7.24. The molecule has 0 spiro atoms. The van der Waals surface area contributed by atoms with Gasteiger partial charge in [-0.3, -0.25) is 0 Å². The van der Waals surface area contributed by atoms with Crippen LogP contribution in [-0.4, -0.2) is 10.7 Å². The Kier molecular flexibility index (Phi) is 14.9. The standard InChI is InChI=1S/C20H42O/c1-4-6-8-10-11-12-13-14-15-17-19-20(3,21)18-16-9-7-5-2/h21H,4-19H2,1-3H3. The predicted molar refractivity (Wildman–Crippen MR) is 95.8 cm³/mol. The van der Waals surface area contributed by atoms with Gasteiger partial charge < -0.3 is 5.11 Å². The fraction of sp³-hybridized carbons (Fsp3) is 1.00. The molecule has 0 saturated carbocycles. The maximum atomic E-state index is 10.3. The van der Waals surface area contributed by atoms with Crippen LogP contribution in [0.25, 0.3) is 0 Å². The molecular weight excluding hydrogens is 256 g/mol. The van der Waals surface area contributed by atoms with Crippen molar-refractivity contribution >= 4 is 0 Å². The minimum absolute atomic E-state index is 0.409. The van der Waals surface area contributed by atoms with Crippen LogP contribution in [0.5, 0.6) is 0 Å². The van der Waals surface area contributed by atoms with Crippen LogP contribution < -0.4 is 0 Å². The first-order valence-electron chi connectivity index (χ1n) is 9.84. The van der Waals surface area contributed by atoms with Crippen molar-refractivity contribution in [1.29, 1.82) is 0 Å². The molecular formula is C20H42O. The molecule has 0 saturated heterocycles. The lowest BCUT2D eigenvalue weighted by atomic mass is 9.91. The normalized spacial score (nSPS) is 14.3. The molecule has 0 aromatic carbocycles. The van der Waals surface area contributed by atoms with Gasteiger partial charge in [0.05, 0.1) is 5.60 Å². The summed E-state index contributed by atoms with van der Waals surface area (Å²) in [5.74, 6) is 0. The van der Waals surface area contributed by atoms with Crippen LogP contribution in [0, 0.1) is 0 Å². The van der Waals surface area contributed by atoms with Crippen LogP contribution >= 0.6 is 0 Å². The largest absolute Gasteiger partial charge is 0.390 e. The van der Waals surface area contributed by atoms with Gasteiger partial charge in [0.15, 0.2) is 0 Å². The van der Waals surface area contributed by atoms with E-state index in [2.05, 4.69) is 13.8 Å². The molecule has 0 aromatic heterocycles. The first-order valence-corrected chi connectivity index (χ1v) is 9.84. The molecule has 0 aromatic rings. The van der Waals surface area contributed by atoms with Crippen molar-refractivity contribution in [1.82, 2.24) is 0 Å². The van der Waals surface area contributed by atoms with Crippen LogP contribution in [0.2, 0.25) is 0 Å². The lowest BCUT2D eigenvalue weighted by Gasteiger charge is -2.23. The van der Waals surface area contributed by atoms with E-state index in [0.29, 0.717) is 0 Å². The van der Waals surface area contributed by atoms with Gasteiger partial charge in [0.25, 0.3) is 0 Å². The van der Waals surface area contributed by atoms with E-state index in [1.807, 2.05) is 6.92 Å². The molecule has 1 heteroatoms. The van der Waals surface area contributed by atoms with Crippen molar-refractivity contribution in [3.63, 3.8) is 0 Å². The van der Waals surface area contributed by atoms with Gasteiger partial charge >= 0.3 is 0 Å². The molecule has 0 bridgehead atoms. The van der Waals surface area contributed by atoms with Crippen LogP contribution in [0.3, 0.4) is 0 Å². The maximum Gasteiger partial charge on any atom is 0.0619 e. The van der Waals surface area contributed by atoms with E-state index in [0.717, 1.165) is 12.8 Å². The van der Waals surface area contributed by atoms with E-state index in [9.17, 15) is 5.11 Å². The molecule has 1 atom stereocenters. The lowest BCUT2D eigenvalue weighted by Crippen LogP contribution is -2.23. The summed E-state index contributed by atoms with van der Waals surface area (Å²) in [6.07, 6.45) is 20.8. The van der Waals surface area contributed by atoms with E-state index in [4.69, 9.17) is 0 Å². The second kappa shape index (κ2) is 14.9. The quantitative estimate of drug-likeness (QED) is 0.304. The highest BCUT2D eigenvalue weighted by Gasteiger charge is 2.18. The summed E-state index contributed by atoms with van der Waals surface area (Å²) in [7, 11) is 0. The fourth-order valence-electron chi connectivity index (χ4n) is 3.05. The molecule has 0 radical (unpaired) electrons. The highest BCUT2D eigenvalue weighted by molar-refractivity contribution is 4.72. The Morgan fingerprint density at radius 3 is 1.19 bits per heavy atom. The lowest BCUT2D eigenvalue weighted by molar-refractivity contribution is 0.0366. The molecule has 1 nitrogen and oxygen atoms in total. The van der Waals surface area contributed by atoms with Gasteiger partial charge in [-0.2, -0.15) is 0 Å². The van der Waals surface area contributed by atoms with E-state index < -0.39 is 5.60 Å². The highest BCUT2D eigenvalue weighted by atomic mass is 16.3. The molecule has 0 aliphatic rings. The third kappa shape index (κ3) is 16.2. The van der Waals surface area contributed by atoms with Crippen molar-refractivity contribution < 1.29 is 5.11 Å². The van der Waals surface area contributed by atoms with Gasteiger partial charge in [-0.05, 0) is 19.8 Å². The smallest absolute Gasteiger partial charge is 0.0619 e. The predicted octanol–water partition coefficient (Wildman–Crippen LogP) is 7.02. The van der Waals surface area contributed by atoms with Crippen LogP contribution in [0.1, 0.15) is 124 Å². The number of aliphatic hydroxyl groups is 1. The van der Waals surface area contributed by atoms with Crippen LogP contribution in [-0.2, 0) is 0 Å². The molecule has 0 amide bonds. The Labute approximate surface area is 134 Å². The molecule has 128 valence electrons.